The van der Waals surface area contributed by atoms with Gasteiger partial charge in [-0.25, -0.2) is 0 Å². The molecule has 0 amide bonds. The number of rotatable bonds is 8. The second kappa shape index (κ2) is 12.6. The van der Waals surface area contributed by atoms with Crippen LogP contribution in [0.1, 0.15) is 60.8 Å². The lowest BCUT2D eigenvalue weighted by atomic mass is 10.2. The molecular formula is C17H38N2O. The molecule has 3 nitrogen and oxygen atoms in total. The van der Waals surface area contributed by atoms with E-state index in [1.54, 1.807) is 0 Å². The van der Waals surface area contributed by atoms with Crippen molar-refractivity contribution in [2.45, 2.75) is 73.0 Å². The maximum atomic E-state index is 5.55. The Hall–Kier alpha value is -0.120. The first-order chi connectivity index (χ1) is 9.59. The van der Waals surface area contributed by atoms with Crippen LogP contribution in [0.3, 0.4) is 0 Å². The quantitative estimate of drug-likeness (QED) is 0.634. The van der Waals surface area contributed by atoms with Crippen molar-refractivity contribution >= 4 is 0 Å². The smallest absolute Gasteiger partial charge is 0.0518 e. The Labute approximate surface area is 127 Å². The molecule has 0 aromatic carbocycles. The highest BCUT2D eigenvalue weighted by Gasteiger charge is 2.17. The lowest BCUT2D eigenvalue weighted by Crippen LogP contribution is -2.48. The van der Waals surface area contributed by atoms with Crippen molar-refractivity contribution in [1.29, 1.82) is 0 Å². The van der Waals surface area contributed by atoms with Crippen molar-refractivity contribution in [3.05, 3.63) is 0 Å². The summed E-state index contributed by atoms with van der Waals surface area (Å²) in [6.07, 6.45) is 4.22. The Kier molecular flexibility index (Phi) is 12.5. The largest absolute Gasteiger partial charge is 0.379 e. The Morgan fingerprint density at radius 3 is 1.95 bits per heavy atom. The van der Waals surface area contributed by atoms with Crippen molar-refractivity contribution in [3.8, 4) is 0 Å². The third-order valence-electron chi connectivity index (χ3n) is 3.71. The van der Waals surface area contributed by atoms with Crippen LogP contribution in [-0.4, -0.2) is 61.3 Å². The molecule has 0 aliphatic carbocycles. The van der Waals surface area contributed by atoms with Gasteiger partial charge in [0.25, 0.3) is 0 Å². The summed E-state index contributed by atoms with van der Waals surface area (Å²) in [5.74, 6) is 0. The maximum absolute atomic E-state index is 5.55. The molecule has 0 aromatic heterocycles. The topological polar surface area (TPSA) is 15.7 Å². The maximum Gasteiger partial charge on any atom is 0.0518 e. The van der Waals surface area contributed by atoms with E-state index in [9.17, 15) is 0 Å². The monoisotopic (exact) mass is 286 g/mol. The van der Waals surface area contributed by atoms with Crippen LogP contribution in [0.2, 0.25) is 0 Å². The molecule has 0 atom stereocenters. The van der Waals surface area contributed by atoms with E-state index in [2.05, 4.69) is 37.5 Å². The number of hydrogen-bond donors (Lipinski definition) is 0. The highest BCUT2D eigenvalue weighted by Crippen LogP contribution is 2.07. The first kappa shape index (κ1) is 19.9. The van der Waals surface area contributed by atoms with Gasteiger partial charge in [0.1, 0.15) is 0 Å². The molecule has 0 aromatic rings. The van der Waals surface area contributed by atoms with Crippen LogP contribution in [0.15, 0.2) is 0 Å². The van der Waals surface area contributed by atoms with Gasteiger partial charge >= 0.3 is 0 Å². The Bertz CT molecular complexity index is 199. The number of hydrogen-bond acceptors (Lipinski definition) is 3. The predicted octanol–water partition coefficient (Wildman–Crippen LogP) is 3.63. The molecule has 1 heterocycles. The molecule has 0 saturated carbocycles. The van der Waals surface area contributed by atoms with E-state index in [-0.39, 0.29) is 0 Å². The summed E-state index contributed by atoms with van der Waals surface area (Å²) in [6.45, 7) is 20.0. The Morgan fingerprint density at radius 1 is 0.850 bits per heavy atom. The van der Waals surface area contributed by atoms with Gasteiger partial charge in [0.15, 0.2) is 0 Å². The van der Waals surface area contributed by atoms with Gasteiger partial charge in [-0.2, -0.15) is 0 Å². The van der Waals surface area contributed by atoms with E-state index < -0.39 is 0 Å². The predicted molar refractivity (Wildman–Crippen MR) is 89.4 cm³/mol. The van der Waals surface area contributed by atoms with Crippen molar-refractivity contribution in [3.63, 3.8) is 0 Å². The highest BCUT2D eigenvalue weighted by atomic mass is 16.5. The summed E-state index contributed by atoms with van der Waals surface area (Å²) in [5.41, 5.74) is 0. The van der Waals surface area contributed by atoms with Gasteiger partial charge in [0.05, 0.1) is 6.10 Å². The van der Waals surface area contributed by atoms with E-state index in [0.717, 1.165) is 6.61 Å². The van der Waals surface area contributed by atoms with E-state index >= 15 is 0 Å². The summed E-state index contributed by atoms with van der Waals surface area (Å²) in [7, 11) is 0. The lowest BCUT2D eigenvalue weighted by molar-refractivity contribution is 0.0739. The fraction of sp³-hybridized carbons (Fsp3) is 1.00. The minimum absolute atomic E-state index is 0.383. The standard InChI is InChI=1S/C15H32N2O.C2H6/c1-14(2)17-11-9-16(10-12-17)8-6-5-7-13-18-15(3)4;1-2/h14-15H,5-13H2,1-4H3;1-2H3. The number of ether oxygens (including phenoxy) is 1. The van der Waals surface area contributed by atoms with Crippen molar-refractivity contribution in [1.82, 2.24) is 9.80 Å². The van der Waals surface area contributed by atoms with E-state index in [0.29, 0.717) is 12.1 Å². The van der Waals surface area contributed by atoms with Gasteiger partial charge in [-0.1, -0.05) is 13.8 Å². The molecule has 0 spiro atoms. The minimum Gasteiger partial charge on any atom is -0.379 e. The minimum atomic E-state index is 0.383. The van der Waals surface area contributed by atoms with E-state index in [4.69, 9.17) is 4.74 Å². The highest BCUT2D eigenvalue weighted by molar-refractivity contribution is 4.73. The molecule has 0 N–H and O–H groups in total. The fourth-order valence-electron chi connectivity index (χ4n) is 2.44. The molecule has 20 heavy (non-hydrogen) atoms. The van der Waals surface area contributed by atoms with Crippen LogP contribution in [0.5, 0.6) is 0 Å². The molecule has 1 aliphatic heterocycles. The van der Waals surface area contributed by atoms with Crippen LogP contribution in [0.25, 0.3) is 0 Å². The van der Waals surface area contributed by atoms with Crippen molar-refractivity contribution in [2.75, 3.05) is 39.3 Å². The van der Waals surface area contributed by atoms with Crippen molar-refractivity contribution in [2.24, 2.45) is 0 Å². The Morgan fingerprint density at radius 2 is 1.45 bits per heavy atom. The van der Waals surface area contributed by atoms with Crippen LogP contribution in [-0.2, 0) is 4.74 Å². The zero-order valence-electron chi connectivity index (χ0n) is 14.8. The molecule has 0 radical (unpaired) electrons. The first-order valence-corrected chi connectivity index (χ1v) is 8.67. The average Bonchev–Trinajstić information content (AvgIpc) is 2.45. The van der Waals surface area contributed by atoms with Crippen LogP contribution in [0, 0.1) is 0 Å². The molecule has 1 rings (SSSR count). The third kappa shape index (κ3) is 9.73. The summed E-state index contributed by atoms with van der Waals surface area (Å²) in [6, 6.07) is 0.709. The van der Waals surface area contributed by atoms with Gasteiger partial charge in [-0.3, -0.25) is 4.90 Å². The number of unbranched alkanes of at least 4 members (excludes halogenated alkanes) is 2. The SMILES string of the molecule is CC.CC(C)OCCCCCN1CCN(C(C)C)CC1. The molecule has 122 valence electrons. The summed E-state index contributed by atoms with van der Waals surface area (Å²) < 4.78 is 5.55. The molecule has 3 heteroatoms. The van der Waals surface area contributed by atoms with Crippen LogP contribution >= 0.6 is 0 Å². The van der Waals surface area contributed by atoms with Crippen molar-refractivity contribution < 1.29 is 4.74 Å². The zero-order valence-corrected chi connectivity index (χ0v) is 14.8. The molecule has 1 saturated heterocycles. The Balaban J connectivity index is 0.00000172. The van der Waals surface area contributed by atoms with Gasteiger partial charge in [-0.05, 0) is 53.5 Å². The molecule has 1 aliphatic rings. The molecule has 0 unspecified atom stereocenters. The lowest BCUT2D eigenvalue weighted by Gasteiger charge is -2.36. The van der Waals surface area contributed by atoms with Gasteiger partial charge in [0, 0.05) is 38.8 Å². The van der Waals surface area contributed by atoms with Crippen LogP contribution in [0.4, 0.5) is 0 Å². The van der Waals surface area contributed by atoms with E-state index in [1.807, 2.05) is 13.8 Å². The second-order valence-corrected chi connectivity index (χ2v) is 5.95. The molecular weight excluding hydrogens is 248 g/mol. The zero-order chi connectivity index (χ0) is 15.4. The van der Waals surface area contributed by atoms with Crippen LogP contribution < -0.4 is 0 Å². The average molecular weight is 287 g/mol. The van der Waals surface area contributed by atoms with Gasteiger partial charge in [-0.15, -0.1) is 0 Å². The summed E-state index contributed by atoms with van der Waals surface area (Å²) in [5, 5.41) is 0. The number of nitrogens with zero attached hydrogens (tertiary/aromatic N) is 2. The second-order valence-electron chi connectivity index (χ2n) is 5.95. The van der Waals surface area contributed by atoms with Gasteiger partial charge < -0.3 is 9.64 Å². The summed E-state index contributed by atoms with van der Waals surface area (Å²) in [4.78, 5) is 5.19. The third-order valence-corrected chi connectivity index (χ3v) is 3.71. The fourth-order valence-corrected chi connectivity index (χ4v) is 2.44. The normalized spacial score (nSPS) is 17.4. The number of piperazine rings is 1. The van der Waals surface area contributed by atoms with E-state index in [1.165, 1.54) is 52.0 Å². The first-order valence-electron chi connectivity index (χ1n) is 8.67. The molecule has 0 bridgehead atoms. The molecule has 1 fully saturated rings. The van der Waals surface area contributed by atoms with Gasteiger partial charge in [0.2, 0.25) is 0 Å². The summed E-state index contributed by atoms with van der Waals surface area (Å²) >= 11 is 0.